The van der Waals surface area contributed by atoms with Crippen LogP contribution in [-0.4, -0.2) is 11.3 Å². The summed E-state index contributed by atoms with van der Waals surface area (Å²) in [5, 5.41) is 9.51. The van der Waals surface area contributed by atoms with Gasteiger partial charge in [0.2, 0.25) is 0 Å². The average molecular weight is 287 g/mol. The predicted octanol–water partition coefficient (Wildman–Crippen LogP) is 3.66. The predicted molar refractivity (Wildman–Crippen MR) is 56.1 cm³/mol. The lowest BCUT2D eigenvalue weighted by atomic mass is 10.00. The van der Waals surface area contributed by atoms with Gasteiger partial charge in [0.05, 0.1) is 11.7 Å². The van der Waals surface area contributed by atoms with Crippen LogP contribution in [0.4, 0.5) is 32.0 Å². The lowest BCUT2D eigenvalue weighted by Gasteiger charge is -2.16. The van der Waals surface area contributed by atoms with Crippen LogP contribution in [0.25, 0.3) is 0 Å². The zero-order chi connectivity index (χ0) is 14.8. The first-order chi connectivity index (χ1) is 8.50. The Kier molecular flexibility index (Phi) is 4.34. The molecule has 1 unspecified atom stereocenters. The van der Waals surface area contributed by atoms with Gasteiger partial charge >= 0.3 is 12.4 Å². The maximum atomic E-state index is 12.4. The van der Waals surface area contributed by atoms with E-state index in [-0.39, 0.29) is 11.3 Å². The summed E-state index contributed by atoms with van der Waals surface area (Å²) in [4.78, 5) is 0. The van der Waals surface area contributed by atoms with E-state index >= 15 is 0 Å². The van der Waals surface area contributed by atoms with Gasteiger partial charge in [-0.15, -0.1) is 0 Å². The highest BCUT2D eigenvalue weighted by molar-refractivity contribution is 5.50. The molecule has 0 spiro atoms. The van der Waals surface area contributed by atoms with Crippen LogP contribution in [0.3, 0.4) is 0 Å². The van der Waals surface area contributed by atoms with Crippen molar-refractivity contribution in [2.24, 2.45) is 0 Å². The number of nitrogens with two attached hydrogens (primary N) is 1. The maximum Gasteiger partial charge on any atom is 0.416 e. The zero-order valence-electron chi connectivity index (χ0n) is 9.52. The molecule has 1 rings (SSSR count). The normalized spacial score (nSPS) is 14.5. The Labute approximate surface area is 104 Å². The second kappa shape index (κ2) is 5.28. The number of hydrogen-bond acceptors (Lipinski definition) is 2. The molecular weight excluding hydrogens is 276 g/mol. The number of rotatable bonds is 3. The summed E-state index contributed by atoms with van der Waals surface area (Å²) in [7, 11) is 0. The van der Waals surface area contributed by atoms with Crippen LogP contribution in [0.5, 0.6) is 0 Å². The van der Waals surface area contributed by atoms with E-state index in [9.17, 15) is 31.4 Å². The minimum Gasteiger partial charge on any atom is -0.398 e. The number of benzene rings is 1. The number of alkyl halides is 6. The number of nitrogen functional groups attached to an aromatic ring is 1. The third kappa shape index (κ3) is 4.62. The number of anilines is 1. The summed E-state index contributed by atoms with van der Waals surface area (Å²) in [5.41, 5.74) is 3.77. The van der Waals surface area contributed by atoms with Crippen molar-refractivity contribution in [2.75, 3.05) is 5.73 Å². The standard InChI is InChI=1S/C11H11F6NO/c12-10(13,14)4-3-9(19)7-5-6(11(15,16)17)1-2-8(7)18/h1-2,5,9,19H,3-4,18H2. The molecule has 0 aromatic heterocycles. The molecule has 0 aliphatic heterocycles. The molecule has 0 fully saturated rings. The molecular formula is C11H11F6NO. The van der Waals surface area contributed by atoms with Crippen LogP contribution in [0.15, 0.2) is 18.2 Å². The van der Waals surface area contributed by atoms with E-state index in [1.54, 1.807) is 0 Å². The smallest absolute Gasteiger partial charge is 0.398 e. The summed E-state index contributed by atoms with van der Waals surface area (Å²) < 4.78 is 73.2. The van der Waals surface area contributed by atoms with Crippen molar-refractivity contribution in [3.63, 3.8) is 0 Å². The minimum absolute atomic E-state index is 0.178. The fourth-order valence-corrected chi connectivity index (χ4v) is 1.50. The summed E-state index contributed by atoms with van der Waals surface area (Å²) in [6.07, 6.45) is -12.9. The molecule has 0 amide bonds. The Hall–Kier alpha value is -1.44. The van der Waals surface area contributed by atoms with Gasteiger partial charge in [0, 0.05) is 17.7 Å². The van der Waals surface area contributed by atoms with E-state index < -0.39 is 36.9 Å². The van der Waals surface area contributed by atoms with Crippen LogP contribution in [-0.2, 0) is 6.18 Å². The minimum atomic E-state index is -4.65. The van der Waals surface area contributed by atoms with Crippen molar-refractivity contribution in [1.29, 1.82) is 0 Å². The number of hydrogen-bond donors (Lipinski definition) is 2. The quantitative estimate of drug-likeness (QED) is 0.658. The van der Waals surface area contributed by atoms with Crippen molar-refractivity contribution in [2.45, 2.75) is 31.3 Å². The van der Waals surface area contributed by atoms with E-state index in [1.807, 2.05) is 0 Å². The van der Waals surface area contributed by atoms with E-state index in [2.05, 4.69) is 0 Å². The third-order valence-corrected chi connectivity index (χ3v) is 2.47. The highest BCUT2D eigenvalue weighted by Gasteiger charge is 2.32. The van der Waals surface area contributed by atoms with E-state index in [1.165, 1.54) is 0 Å². The molecule has 0 radical (unpaired) electrons. The van der Waals surface area contributed by atoms with Gasteiger partial charge in [-0.1, -0.05) is 0 Å². The van der Waals surface area contributed by atoms with Crippen LogP contribution in [0.2, 0.25) is 0 Å². The number of aliphatic hydroxyl groups is 1. The van der Waals surface area contributed by atoms with Gasteiger partial charge in [0.1, 0.15) is 0 Å². The molecule has 1 atom stereocenters. The van der Waals surface area contributed by atoms with Gasteiger partial charge in [-0.2, -0.15) is 26.3 Å². The summed E-state index contributed by atoms with van der Waals surface area (Å²) in [6.45, 7) is 0. The first kappa shape index (κ1) is 15.6. The third-order valence-electron chi connectivity index (χ3n) is 2.47. The summed E-state index contributed by atoms with van der Waals surface area (Å²) in [6, 6.07) is 2.18. The molecule has 0 aliphatic rings. The van der Waals surface area contributed by atoms with Crippen molar-refractivity contribution in [3.8, 4) is 0 Å². The highest BCUT2D eigenvalue weighted by Crippen LogP contribution is 2.35. The van der Waals surface area contributed by atoms with Crippen LogP contribution < -0.4 is 5.73 Å². The van der Waals surface area contributed by atoms with Gasteiger partial charge in [0.25, 0.3) is 0 Å². The summed E-state index contributed by atoms with van der Waals surface area (Å²) >= 11 is 0. The molecule has 0 bridgehead atoms. The zero-order valence-corrected chi connectivity index (χ0v) is 9.52. The van der Waals surface area contributed by atoms with Crippen molar-refractivity contribution in [3.05, 3.63) is 29.3 Å². The summed E-state index contributed by atoms with van der Waals surface area (Å²) in [5.74, 6) is 0. The Balaban J connectivity index is 2.93. The molecule has 0 saturated carbocycles. The Morgan fingerprint density at radius 2 is 1.68 bits per heavy atom. The molecule has 19 heavy (non-hydrogen) atoms. The molecule has 1 aromatic carbocycles. The first-order valence-electron chi connectivity index (χ1n) is 5.22. The number of halogens is 6. The molecule has 8 heteroatoms. The van der Waals surface area contributed by atoms with Crippen molar-refractivity contribution < 1.29 is 31.4 Å². The largest absolute Gasteiger partial charge is 0.416 e. The van der Waals surface area contributed by atoms with E-state index in [0.29, 0.717) is 12.1 Å². The van der Waals surface area contributed by atoms with Crippen LogP contribution in [0, 0.1) is 0 Å². The van der Waals surface area contributed by atoms with Crippen molar-refractivity contribution >= 4 is 5.69 Å². The Bertz CT molecular complexity index is 440. The maximum absolute atomic E-state index is 12.4. The first-order valence-corrected chi connectivity index (χ1v) is 5.22. The second-order valence-corrected chi connectivity index (χ2v) is 4.01. The molecule has 0 saturated heterocycles. The average Bonchev–Trinajstić information content (AvgIpc) is 2.24. The van der Waals surface area contributed by atoms with Crippen molar-refractivity contribution in [1.82, 2.24) is 0 Å². The lowest BCUT2D eigenvalue weighted by molar-refractivity contribution is -0.141. The van der Waals surface area contributed by atoms with Gasteiger partial charge in [0.15, 0.2) is 0 Å². The van der Waals surface area contributed by atoms with Crippen LogP contribution >= 0.6 is 0 Å². The molecule has 0 aliphatic carbocycles. The number of aliphatic hydroxyl groups excluding tert-OH is 1. The van der Waals surface area contributed by atoms with Crippen LogP contribution in [0.1, 0.15) is 30.1 Å². The fourth-order valence-electron chi connectivity index (χ4n) is 1.50. The van der Waals surface area contributed by atoms with Gasteiger partial charge in [-0.05, 0) is 24.6 Å². The van der Waals surface area contributed by atoms with Gasteiger partial charge in [-0.3, -0.25) is 0 Å². The Morgan fingerprint density at radius 3 is 2.16 bits per heavy atom. The second-order valence-electron chi connectivity index (χ2n) is 4.01. The van der Waals surface area contributed by atoms with Gasteiger partial charge < -0.3 is 10.8 Å². The Morgan fingerprint density at radius 1 is 1.11 bits per heavy atom. The SMILES string of the molecule is Nc1ccc(C(F)(F)F)cc1C(O)CCC(F)(F)F. The lowest BCUT2D eigenvalue weighted by Crippen LogP contribution is -2.12. The van der Waals surface area contributed by atoms with Gasteiger partial charge in [-0.25, -0.2) is 0 Å². The molecule has 108 valence electrons. The van der Waals surface area contributed by atoms with E-state index in [0.717, 1.165) is 6.07 Å². The molecule has 1 aromatic rings. The highest BCUT2D eigenvalue weighted by atomic mass is 19.4. The molecule has 2 nitrogen and oxygen atoms in total. The topological polar surface area (TPSA) is 46.2 Å². The molecule has 3 N–H and O–H groups in total. The monoisotopic (exact) mass is 287 g/mol. The molecule has 0 heterocycles. The van der Waals surface area contributed by atoms with E-state index in [4.69, 9.17) is 5.73 Å². The fraction of sp³-hybridized carbons (Fsp3) is 0.455.